The van der Waals surface area contributed by atoms with Crippen molar-refractivity contribution in [3.8, 4) is 0 Å². The Morgan fingerprint density at radius 1 is 1.38 bits per heavy atom. The second-order valence-corrected chi connectivity index (χ2v) is 8.21. The molecule has 1 fully saturated rings. The van der Waals surface area contributed by atoms with E-state index in [9.17, 15) is 0 Å². The minimum absolute atomic E-state index is 0.527. The van der Waals surface area contributed by atoms with Crippen molar-refractivity contribution in [1.29, 1.82) is 0 Å². The van der Waals surface area contributed by atoms with Gasteiger partial charge in [-0.25, -0.2) is 4.98 Å². The molecule has 1 atom stereocenters. The molecule has 2 aromatic heterocycles. The summed E-state index contributed by atoms with van der Waals surface area (Å²) in [4.78, 5) is 7.35. The van der Waals surface area contributed by atoms with Gasteiger partial charge in [0.25, 0.3) is 0 Å². The molecule has 0 N–H and O–H groups in total. The van der Waals surface area contributed by atoms with Crippen molar-refractivity contribution >= 4 is 22.7 Å². The summed E-state index contributed by atoms with van der Waals surface area (Å²) in [6, 6.07) is 0. The molecular formula is C15H22N4S2. The standard InChI is InChI=1S/C15H22N4S2/c1-10(2)13-9-20-15(16-13)12-5-4-6-19(7-12)8-14-18-17-11(3)21-14/h9-10,12H,4-8H2,1-3H3. The average Bonchev–Trinajstić information content (AvgIpc) is 3.08. The quantitative estimate of drug-likeness (QED) is 0.858. The Morgan fingerprint density at radius 3 is 2.90 bits per heavy atom. The highest BCUT2D eigenvalue weighted by Gasteiger charge is 2.24. The zero-order chi connectivity index (χ0) is 14.8. The van der Waals surface area contributed by atoms with Crippen LogP contribution in [0.3, 0.4) is 0 Å². The Bertz CT molecular complexity index is 590. The van der Waals surface area contributed by atoms with E-state index in [0.717, 1.165) is 29.6 Å². The van der Waals surface area contributed by atoms with Crippen LogP contribution < -0.4 is 0 Å². The first-order valence-corrected chi connectivity index (χ1v) is 9.28. The van der Waals surface area contributed by atoms with E-state index in [1.165, 1.54) is 23.5 Å². The molecule has 4 nitrogen and oxygen atoms in total. The van der Waals surface area contributed by atoms with E-state index in [2.05, 4.69) is 34.3 Å². The van der Waals surface area contributed by atoms with Crippen LogP contribution in [0.5, 0.6) is 0 Å². The van der Waals surface area contributed by atoms with Crippen LogP contribution in [-0.4, -0.2) is 33.2 Å². The molecule has 21 heavy (non-hydrogen) atoms. The van der Waals surface area contributed by atoms with Crippen molar-refractivity contribution in [1.82, 2.24) is 20.1 Å². The van der Waals surface area contributed by atoms with Gasteiger partial charge in [0.05, 0.1) is 17.2 Å². The smallest absolute Gasteiger partial charge is 0.131 e. The summed E-state index contributed by atoms with van der Waals surface area (Å²) in [5.41, 5.74) is 1.24. The molecule has 0 radical (unpaired) electrons. The number of likely N-dealkylation sites (tertiary alicyclic amines) is 1. The summed E-state index contributed by atoms with van der Waals surface area (Å²) < 4.78 is 0. The maximum atomic E-state index is 4.85. The molecule has 1 unspecified atom stereocenters. The Balaban J connectivity index is 1.64. The predicted octanol–water partition coefficient (Wildman–Crippen LogP) is 3.81. The first-order chi connectivity index (χ1) is 10.1. The minimum atomic E-state index is 0.527. The summed E-state index contributed by atoms with van der Waals surface area (Å²) in [5.74, 6) is 1.12. The van der Waals surface area contributed by atoms with Crippen LogP contribution in [0.2, 0.25) is 0 Å². The predicted molar refractivity (Wildman–Crippen MR) is 88.1 cm³/mol. The fourth-order valence-electron chi connectivity index (χ4n) is 2.75. The summed E-state index contributed by atoms with van der Waals surface area (Å²) in [5, 5.41) is 14.1. The molecule has 0 aliphatic carbocycles. The molecule has 1 saturated heterocycles. The Hall–Kier alpha value is -0.850. The van der Waals surface area contributed by atoms with E-state index in [4.69, 9.17) is 4.98 Å². The zero-order valence-corrected chi connectivity index (χ0v) is 14.5. The van der Waals surface area contributed by atoms with E-state index in [1.807, 2.05) is 18.3 Å². The van der Waals surface area contributed by atoms with Crippen molar-refractivity contribution in [2.75, 3.05) is 13.1 Å². The Morgan fingerprint density at radius 2 is 2.24 bits per heavy atom. The molecule has 0 amide bonds. The summed E-state index contributed by atoms with van der Waals surface area (Å²) >= 11 is 3.54. The van der Waals surface area contributed by atoms with Crippen LogP contribution in [0.4, 0.5) is 0 Å². The van der Waals surface area contributed by atoms with Gasteiger partial charge in [0.2, 0.25) is 0 Å². The third-order valence-electron chi connectivity index (χ3n) is 3.91. The highest BCUT2D eigenvalue weighted by molar-refractivity contribution is 7.11. The maximum absolute atomic E-state index is 4.85. The first-order valence-electron chi connectivity index (χ1n) is 7.58. The lowest BCUT2D eigenvalue weighted by Crippen LogP contribution is -2.33. The number of hydrogen-bond donors (Lipinski definition) is 0. The van der Waals surface area contributed by atoms with Gasteiger partial charge < -0.3 is 0 Å². The monoisotopic (exact) mass is 322 g/mol. The molecular weight excluding hydrogens is 300 g/mol. The van der Waals surface area contributed by atoms with Crippen molar-refractivity contribution < 1.29 is 0 Å². The van der Waals surface area contributed by atoms with Gasteiger partial charge in [-0.3, -0.25) is 4.90 Å². The number of aromatic nitrogens is 3. The molecule has 0 aromatic carbocycles. The fraction of sp³-hybridized carbons (Fsp3) is 0.667. The molecule has 6 heteroatoms. The van der Waals surface area contributed by atoms with Crippen LogP contribution in [0.25, 0.3) is 0 Å². The van der Waals surface area contributed by atoms with Gasteiger partial charge in [-0.15, -0.1) is 32.9 Å². The van der Waals surface area contributed by atoms with E-state index < -0.39 is 0 Å². The highest BCUT2D eigenvalue weighted by Crippen LogP contribution is 2.31. The first kappa shape index (κ1) is 15.1. The molecule has 0 spiro atoms. The summed E-state index contributed by atoms with van der Waals surface area (Å²) in [6.07, 6.45) is 2.51. The number of rotatable bonds is 4. The molecule has 1 aliphatic heterocycles. The van der Waals surface area contributed by atoms with E-state index >= 15 is 0 Å². The fourth-order valence-corrected chi connectivity index (χ4v) is 4.61. The minimum Gasteiger partial charge on any atom is -0.296 e. The molecule has 1 aliphatic rings. The van der Waals surface area contributed by atoms with Crippen LogP contribution >= 0.6 is 22.7 Å². The SMILES string of the molecule is Cc1nnc(CN2CCCC(c3nc(C(C)C)cs3)C2)s1. The Labute approximate surface area is 134 Å². The largest absolute Gasteiger partial charge is 0.296 e. The lowest BCUT2D eigenvalue weighted by molar-refractivity contribution is 0.199. The number of nitrogens with zero attached hydrogens (tertiary/aromatic N) is 4. The topological polar surface area (TPSA) is 41.9 Å². The maximum Gasteiger partial charge on any atom is 0.131 e. The van der Waals surface area contributed by atoms with Crippen LogP contribution in [-0.2, 0) is 6.54 Å². The van der Waals surface area contributed by atoms with Gasteiger partial charge in [-0.05, 0) is 32.2 Å². The normalized spacial score (nSPS) is 20.3. The second kappa shape index (κ2) is 6.50. The third-order valence-corrected chi connectivity index (χ3v) is 5.76. The van der Waals surface area contributed by atoms with Crippen molar-refractivity contribution in [2.24, 2.45) is 0 Å². The van der Waals surface area contributed by atoms with Gasteiger partial charge in [0.15, 0.2) is 0 Å². The summed E-state index contributed by atoms with van der Waals surface area (Å²) in [7, 11) is 0. The van der Waals surface area contributed by atoms with E-state index in [-0.39, 0.29) is 0 Å². The number of hydrogen-bond acceptors (Lipinski definition) is 6. The molecule has 0 saturated carbocycles. The van der Waals surface area contributed by atoms with Crippen molar-refractivity contribution in [3.63, 3.8) is 0 Å². The highest BCUT2D eigenvalue weighted by atomic mass is 32.1. The second-order valence-electron chi connectivity index (χ2n) is 6.05. The lowest BCUT2D eigenvalue weighted by atomic mass is 9.98. The van der Waals surface area contributed by atoms with Crippen LogP contribution in [0.1, 0.15) is 59.2 Å². The lowest BCUT2D eigenvalue weighted by Gasteiger charge is -2.30. The van der Waals surface area contributed by atoms with Gasteiger partial charge >= 0.3 is 0 Å². The molecule has 3 heterocycles. The van der Waals surface area contributed by atoms with Gasteiger partial charge in [-0.1, -0.05) is 13.8 Å². The molecule has 3 rings (SSSR count). The van der Waals surface area contributed by atoms with Crippen molar-refractivity contribution in [3.05, 3.63) is 26.1 Å². The van der Waals surface area contributed by atoms with Crippen LogP contribution in [0.15, 0.2) is 5.38 Å². The molecule has 2 aromatic rings. The van der Waals surface area contributed by atoms with Crippen LogP contribution in [0, 0.1) is 6.92 Å². The van der Waals surface area contributed by atoms with Gasteiger partial charge in [0.1, 0.15) is 10.0 Å². The van der Waals surface area contributed by atoms with E-state index in [1.54, 1.807) is 11.3 Å². The molecule has 0 bridgehead atoms. The zero-order valence-electron chi connectivity index (χ0n) is 12.9. The number of aryl methyl sites for hydroxylation is 1. The van der Waals surface area contributed by atoms with Crippen molar-refractivity contribution in [2.45, 2.75) is 52.0 Å². The van der Waals surface area contributed by atoms with Gasteiger partial charge in [-0.2, -0.15) is 0 Å². The van der Waals surface area contributed by atoms with E-state index in [0.29, 0.717) is 11.8 Å². The molecule has 114 valence electrons. The average molecular weight is 323 g/mol. The third kappa shape index (κ3) is 3.67. The summed E-state index contributed by atoms with van der Waals surface area (Å²) in [6.45, 7) is 9.64. The number of thiazole rings is 1. The Kier molecular flexibility index (Phi) is 4.66. The number of piperidine rings is 1. The van der Waals surface area contributed by atoms with Gasteiger partial charge in [0, 0.05) is 17.8 Å².